The lowest BCUT2D eigenvalue weighted by Gasteiger charge is -2.17. The van der Waals surface area contributed by atoms with Gasteiger partial charge in [-0.05, 0) is 67.1 Å². The van der Waals surface area contributed by atoms with Gasteiger partial charge in [-0.2, -0.15) is 0 Å². The highest BCUT2D eigenvalue weighted by Gasteiger charge is 2.21. The Morgan fingerprint density at radius 3 is 2.18 bits per heavy atom. The quantitative estimate of drug-likeness (QED) is 0.103. The number of carbonyl (C=O) groups excluding carboxylic acids is 4. The van der Waals surface area contributed by atoms with Crippen molar-refractivity contribution in [2.75, 3.05) is 10.6 Å². The van der Waals surface area contributed by atoms with E-state index >= 15 is 0 Å². The lowest BCUT2D eigenvalue weighted by Crippen LogP contribution is -2.30. The van der Waals surface area contributed by atoms with Crippen LogP contribution >= 0.6 is 35.0 Å². The Morgan fingerprint density at radius 2 is 1.50 bits per heavy atom. The van der Waals surface area contributed by atoms with Gasteiger partial charge in [0.15, 0.2) is 0 Å². The van der Waals surface area contributed by atoms with Crippen molar-refractivity contribution in [3.63, 3.8) is 0 Å². The third-order valence-corrected chi connectivity index (χ3v) is 8.32. The first-order valence-corrected chi connectivity index (χ1v) is 15.1. The summed E-state index contributed by atoms with van der Waals surface area (Å²) in [6, 6.07) is 26.9. The second kappa shape index (κ2) is 15.2. The predicted molar refractivity (Wildman–Crippen MR) is 177 cm³/mol. The maximum absolute atomic E-state index is 13.5. The Morgan fingerprint density at radius 1 is 0.841 bits per heavy atom. The summed E-state index contributed by atoms with van der Waals surface area (Å²) in [5, 5.41) is 8.36. The molecule has 4 aromatic carbocycles. The maximum atomic E-state index is 13.5. The monoisotopic (exact) mass is 646 g/mol. The Labute approximate surface area is 269 Å². The van der Waals surface area contributed by atoms with Crippen molar-refractivity contribution in [3.8, 4) is 0 Å². The Hall–Kier alpha value is -4.57. The minimum atomic E-state index is -0.643. The van der Waals surface area contributed by atoms with E-state index in [2.05, 4.69) is 16.0 Å². The van der Waals surface area contributed by atoms with Crippen molar-refractivity contribution in [2.45, 2.75) is 23.5 Å². The molecule has 0 aliphatic rings. The first-order valence-electron chi connectivity index (χ1n) is 13.5. The van der Waals surface area contributed by atoms with E-state index in [0.717, 1.165) is 0 Å². The van der Waals surface area contributed by atoms with E-state index in [0.29, 0.717) is 43.9 Å². The van der Waals surface area contributed by atoms with E-state index in [-0.39, 0.29) is 17.2 Å². The fourth-order valence-electron chi connectivity index (χ4n) is 4.09. The largest absolute Gasteiger partial charge is 0.366 e. The number of nitrogens with one attached hydrogen (secondary N) is 3. The van der Waals surface area contributed by atoms with Gasteiger partial charge in [0, 0.05) is 31.8 Å². The number of anilines is 2. The molecule has 0 radical (unpaired) electrons. The molecule has 0 heterocycles. The van der Waals surface area contributed by atoms with E-state index in [9.17, 15) is 19.2 Å². The van der Waals surface area contributed by atoms with Crippen LogP contribution in [0.15, 0.2) is 108 Å². The smallest absolute Gasteiger partial charge is 0.272 e. The molecule has 0 bridgehead atoms. The fourth-order valence-corrected chi connectivity index (χ4v) is 5.61. The molecule has 4 aromatic rings. The first-order chi connectivity index (χ1) is 21.2. The highest BCUT2D eigenvalue weighted by molar-refractivity contribution is 8.00. The second-order valence-electron chi connectivity index (χ2n) is 9.41. The van der Waals surface area contributed by atoms with Gasteiger partial charge in [-0.1, -0.05) is 72.6 Å². The van der Waals surface area contributed by atoms with Gasteiger partial charge in [0.25, 0.3) is 17.7 Å². The van der Waals surface area contributed by atoms with Crippen LogP contribution in [0.3, 0.4) is 0 Å². The molecule has 1 unspecified atom stereocenters. The summed E-state index contributed by atoms with van der Waals surface area (Å²) in [5.74, 6) is -2.05. The molecule has 4 rings (SSSR count). The van der Waals surface area contributed by atoms with Crippen LogP contribution in [0.4, 0.5) is 11.4 Å². The molecule has 44 heavy (non-hydrogen) atoms. The Kier molecular flexibility index (Phi) is 11.2. The van der Waals surface area contributed by atoms with Crippen molar-refractivity contribution in [2.24, 2.45) is 5.73 Å². The fraction of sp³-hybridized carbons (Fsp3) is 0.0909. The number of thioether (sulfide) groups is 1. The van der Waals surface area contributed by atoms with Gasteiger partial charge in [0.1, 0.15) is 5.70 Å². The average Bonchev–Trinajstić information content (AvgIpc) is 3.01. The number of hydrogen-bond acceptors (Lipinski definition) is 5. The summed E-state index contributed by atoms with van der Waals surface area (Å²) in [4.78, 5) is 52.0. The lowest BCUT2D eigenvalue weighted by atomic mass is 10.1. The molecule has 4 amide bonds. The SMILES string of the molecule is CCC(Sc1cccc(NC(=O)/C(=C\c2c(Cl)cccc2Cl)NC(=O)c2ccccc2)c1)C(=O)Nc1ccccc1C(N)=O. The number of nitrogens with two attached hydrogens (primary N) is 1. The Balaban J connectivity index is 1.54. The van der Waals surface area contributed by atoms with Crippen molar-refractivity contribution >= 4 is 76.0 Å². The number of para-hydroxylation sites is 1. The molecule has 11 heteroatoms. The predicted octanol–water partition coefficient (Wildman–Crippen LogP) is 7.01. The third-order valence-electron chi connectivity index (χ3n) is 6.30. The van der Waals surface area contributed by atoms with Crippen molar-refractivity contribution in [1.82, 2.24) is 5.32 Å². The molecule has 0 aromatic heterocycles. The molecule has 0 aliphatic heterocycles. The van der Waals surface area contributed by atoms with Gasteiger partial charge in [-0.25, -0.2) is 0 Å². The molecule has 0 aliphatic carbocycles. The molecular weight excluding hydrogens is 619 g/mol. The van der Waals surface area contributed by atoms with Gasteiger partial charge in [0.2, 0.25) is 5.91 Å². The van der Waals surface area contributed by atoms with Crippen molar-refractivity contribution in [3.05, 3.63) is 129 Å². The number of hydrogen-bond donors (Lipinski definition) is 4. The zero-order chi connectivity index (χ0) is 31.6. The number of primary amides is 1. The normalized spacial score (nSPS) is 11.8. The molecule has 224 valence electrons. The number of carbonyl (C=O) groups is 4. The van der Waals surface area contributed by atoms with Crippen molar-refractivity contribution < 1.29 is 19.2 Å². The minimum Gasteiger partial charge on any atom is -0.366 e. The summed E-state index contributed by atoms with van der Waals surface area (Å²) in [6.07, 6.45) is 1.91. The van der Waals surface area contributed by atoms with Crippen LogP contribution in [0.25, 0.3) is 6.08 Å². The Bertz CT molecular complexity index is 1710. The van der Waals surface area contributed by atoms with Crippen molar-refractivity contribution in [1.29, 1.82) is 0 Å². The van der Waals surface area contributed by atoms with Crippen LogP contribution in [0.1, 0.15) is 39.6 Å². The summed E-state index contributed by atoms with van der Waals surface area (Å²) in [6.45, 7) is 1.87. The molecule has 0 saturated heterocycles. The summed E-state index contributed by atoms with van der Waals surface area (Å²) < 4.78 is 0. The van der Waals surface area contributed by atoms with Crippen LogP contribution < -0.4 is 21.7 Å². The summed E-state index contributed by atoms with van der Waals surface area (Å²) in [5.41, 5.74) is 7.07. The van der Waals surface area contributed by atoms with Crippen LogP contribution in [-0.2, 0) is 9.59 Å². The molecule has 5 N–H and O–H groups in total. The van der Waals surface area contributed by atoms with Crippen LogP contribution in [0.5, 0.6) is 0 Å². The number of halogens is 2. The molecule has 0 fully saturated rings. The maximum Gasteiger partial charge on any atom is 0.272 e. The van der Waals surface area contributed by atoms with Crippen LogP contribution in [-0.4, -0.2) is 28.9 Å². The van der Waals surface area contributed by atoms with Gasteiger partial charge in [0.05, 0.1) is 16.5 Å². The van der Waals surface area contributed by atoms with E-state index in [1.807, 2.05) is 13.0 Å². The zero-order valence-corrected chi connectivity index (χ0v) is 25.8. The average molecular weight is 648 g/mol. The molecule has 0 spiro atoms. The van der Waals surface area contributed by atoms with Gasteiger partial charge in [-0.15, -0.1) is 11.8 Å². The highest BCUT2D eigenvalue weighted by Crippen LogP contribution is 2.30. The zero-order valence-electron chi connectivity index (χ0n) is 23.5. The highest BCUT2D eigenvalue weighted by atomic mass is 35.5. The lowest BCUT2D eigenvalue weighted by molar-refractivity contribution is -0.116. The topological polar surface area (TPSA) is 130 Å². The summed E-state index contributed by atoms with van der Waals surface area (Å²) in [7, 11) is 0. The van der Waals surface area contributed by atoms with Crippen LogP contribution in [0.2, 0.25) is 10.0 Å². The number of amides is 4. The molecule has 1 atom stereocenters. The van der Waals surface area contributed by atoms with Gasteiger partial charge < -0.3 is 21.7 Å². The minimum absolute atomic E-state index is 0.0779. The second-order valence-corrected chi connectivity index (χ2v) is 11.5. The van der Waals surface area contributed by atoms with Gasteiger partial charge in [-0.3, -0.25) is 19.2 Å². The molecule has 0 saturated carbocycles. The van der Waals surface area contributed by atoms with Crippen LogP contribution in [0, 0.1) is 0 Å². The molecular formula is C33H28Cl2N4O4S. The number of benzene rings is 4. The number of rotatable bonds is 11. The van der Waals surface area contributed by atoms with E-state index in [4.69, 9.17) is 28.9 Å². The van der Waals surface area contributed by atoms with E-state index in [1.54, 1.807) is 91.0 Å². The first kappa shape index (κ1) is 32.3. The van der Waals surface area contributed by atoms with Gasteiger partial charge >= 0.3 is 0 Å². The van der Waals surface area contributed by atoms with E-state index in [1.165, 1.54) is 17.8 Å². The van der Waals surface area contributed by atoms with E-state index < -0.39 is 23.0 Å². The third kappa shape index (κ3) is 8.50. The molecule has 8 nitrogen and oxygen atoms in total. The summed E-state index contributed by atoms with van der Waals surface area (Å²) >= 11 is 14.0. The standard InChI is InChI=1S/C33H28Cl2N4O4S/c1-2-29(33(43)38-27-17-7-6-14-23(27)30(36)40)44-22-13-8-12-21(18-22)37-32(42)28(19-24-25(34)15-9-16-26(24)35)39-31(41)20-10-4-3-5-11-20/h3-19,29H,2H2,1H3,(H2,36,40)(H,37,42)(H,38,43)(H,39,41)/b28-19+.